The van der Waals surface area contributed by atoms with E-state index in [0.717, 1.165) is 7.11 Å². The van der Waals surface area contributed by atoms with Crippen LogP contribution >= 0.6 is 11.6 Å². The fraction of sp³-hybridized carbons (Fsp3) is 0.167. The first kappa shape index (κ1) is 12.5. The van der Waals surface area contributed by atoms with Crippen molar-refractivity contribution in [3.63, 3.8) is 0 Å². The van der Waals surface area contributed by atoms with Crippen molar-refractivity contribution in [1.29, 1.82) is 0 Å². The average Bonchev–Trinajstić information content (AvgIpc) is 2.20. The molecule has 0 unspecified atom stereocenters. The number of carbonyl (C=O) groups is 1. The third kappa shape index (κ3) is 3.51. The molecule has 2 N–H and O–H groups in total. The van der Waals surface area contributed by atoms with Gasteiger partial charge < -0.3 is 4.74 Å². The summed E-state index contributed by atoms with van der Waals surface area (Å²) in [7, 11) is -3.10. The zero-order chi connectivity index (χ0) is 12.2. The average molecular weight is 267 g/mol. The largest absolute Gasteiger partial charge is 0.452 e. The van der Waals surface area contributed by atoms with E-state index in [0.29, 0.717) is 0 Å². The van der Waals surface area contributed by atoms with Crippen LogP contribution in [0.2, 0.25) is 5.15 Å². The van der Waals surface area contributed by atoms with Crippen molar-refractivity contribution in [3.05, 3.63) is 17.5 Å². The predicted octanol–water partition coefficient (Wildman–Crippen LogP) is 0.143. The molecule has 0 radical (unpaired) electrons. The molecule has 88 valence electrons. The third-order valence-corrected chi connectivity index (χ3v) is 2.46. The minimum Gasteiger partial charge on any atom is -0.452 e. The third-order valence-electron chi connectivity index (χ3n) is 1.29. The lowest BCUT2D eigenvalue weighted by Crippen LogP contribution is -2.35. The Morgan fingerprint density at radius 3 is 2.62 bits per heavy atom. The first-order valence-corrected chi connectivity index (χ1v) is 5.66. The molecule has 0 aliphatic rings. The van der Waals surface area contributed by atoms with Crippen molar-refractivity contribution in [1.82, 2.24) is 14.7 Å². The predicted molar refractivity (Wildman–Crippen MR) is 55.1 cm³/mol. The van der Waals surface area contributed by atoms with E-state index in [4.69, 9.17) is 11.6 Å². The van der Waals surface area contributed by atoms with Gasteiger partial charge in [0.25, 0.3) is 0 Å². The number of hydrogen-bond donors (Lipinski definition) is 2. The Labute approximate surface area is 96.2 Å². The molecule has 8 nitrogen and oxygen atoms in total. The topological polar surface area (TPSA) is 110 Å². The van der Waals surface area contributed by atoms with Gasteiger partial charge in [-0.15, -0.1) is 0 Å². The molecule has 1 aromatic rings. The summed E-state index contributed by atoms with van der Waals surface area (Å²) >= 11 is 5.56. The number of amides is 1. The fourth-order valence-electron chi connectivity index (χ4n) is 0.694. The van der Waals surface area contributed by atoms with Crippen LogP contribution in [0, 0.1) is 0 Å². The Kier molecular flexibility index (Phi) is 3.85. The van der Waals surface area contributed by atoms with E-state index in [1.54, 1.807) is 4.72 Å². The van der Waals surface area contributed by atoms with Gasteiger partial charge in [0.1, 0.15) is 0 Å². The van der Waals surface area contributed by atoms with Crippen LogP contribution in [0.1, 0.15) is 0 Å². The van der Waals surface area contributed by atoms with Gasteiger partial charge in [0, 0.05) is 12.4 Å². The molecule has 0 bridgehead atoms. The van der Waals surface area contributed by atoms with E-state index >= 15 is 0 Å². The van der Waals surface area contributed by atoms with Gasteiger partial charge in [0.15, 0.2) is 11.0 Å². The molecule has 16 heavy (non-hydrogen) atoms. The molecule has 0 saturated heterocycles. The van der Waals surface area contributed by atoms with Gasteiger partial charge in [-0.1, -0.05) is 11.6 Å². The number of carbonyl (C=O) groups excluding carboxylic acids is 1. The van der Waals surface area contributed by atoms with E-state index < -0.39 is 16.3 Å². The second-order valence-electron chi connectivity index (χ2n) is 2.39. The van der Waals surface area contributed by atoms with Gasteiger partial charge in [-0.05, 0) is 0 Å². The highest BCUT2D eigenvalue weighted by atomic mass is 35.5. The quantitative estimate of drug-likeness (QED) is 0.805. The number of rotatable bonds is 3. The van der Waals surface area contributed by atoms with Gasteiger partial charge in [-0.3, -0.25) is 0 Å². The zero-order valence-corrected chi connectivity index (χ0v) is 9.54. The second kappa shape index (κ2) is 4.94. The summed E-state index contributed by atoms with van der Waals surface area (Å²) in [4.78, 5) is 17.9. The van der Waals surface area contributed by atoms with E-state index in [1.807, 2.05) is 4.72 Å². The van der Waals surface area contributed by atoms with Gasteiger partial charge >= 0.3 is 16.3 Å². The first-order valence-electron chi connectivity index (χ1n) is 3.79. The van der Waals surface area contributed by atoms with E-state index in [2.05, 4.69) is 14.7 Å². The number of hydrogen-bond acceptors (Lipinski definition) is 6. The lowest BCUT2D eigenvalue weighted by Gasteiger charge is -2.07. The number of anilines is 1. The smallest absolute Gasteiger partial charge is 0.422 e. The van der Waals surface area contributed by atoms with Crippen LogP contribution in [0.3, 0.4) is 0 Å². The molecule has 0 fully saturated rings. The Hall–Kier alpha value is -1.61. The molecule has 0 aliphatic heterocycles. The van der Waals surface area contributed by atoms with Crippen LogP contribution < -0.4 is 9.44 Å². The first-order chi connectivity index (χ1) is 7.44. The van der Waals surface area contributed by atoms with Crippen LogP contribution in [-0.2, 0) is 14.9 Å². The van der Waals surface area contributed by atoms with Gasteiger partial charge in [-0.25, -0.2) is 24.2 Å². The monoisotopic (exact) mass is 266 g/mol. The second-order valence-corrected chi connectivity index (χ2v) is 4.17. The summed E-state index contributed by atoms with van der Waals surface area (Å²) in [6.45, 7) is 0. The standard InChI is InChI=1S/C6H7ClN4O4S/c1-15-6(12)11-16(13,14)10-5-4(7)8-2-3-9-5/h2-3H,1H3,(H,9,10)(H,11,12). The van der Waals surface area contributed by atoms with Crippen LogP contribution in [0.5, 0.6) is 0 Å². The van der Waals surface area contributed by atoms with E-state index in [9.17, 15) is 13.2 Å². The molecule has 1 rings (SSSR count). The summed E-state index contributed by atoms with van der Waals surface area (Å²) in [5, 5.41) is -0.141. The lowest BCUT2D eigenvalue weighted by molar-refractivity contribution is 0.177. The van der Waals surface area contributed by atoms with Crippen molar-refractivity contribution in [2.24, 2.45) is 0 Å². The Balaban J connectivity index is 2.81. The SMILES string of the molecule is COC(=O)NS(=O)(=O)Nc1nccnc1Cl. The number of methoxy groups -OCH3 is 1. The molecule has 1 aromatic heterocycles. The maximum Gasteiger partial charge on any atom is 0.422 e. The van der Waals surface area contributed by atoms with E-state index in [1.165, 1.54) is 12.4 Å². The van der Waals surface area contributed by atoms with Crippen LogP contribution in [0.4, 0.5) is 10.6 Å². The molecule has 0 spiro atoms. The summed E-state index contributed by atoms with van der Waals surface area (Å²) in [6, 6.07) is 0. The van der Waals surface area contributed by atoms with Crippen molar-refractivity contribution >= 4 is 33.7 Å². The summed E-state index contributed by atoms with van der Waals surface area (Å²) < 4.78 is 30.1. The van der Waals surface area contributed by atoms with Crippen molar-refractivity contribution in [2.75, 3.05) is 11.8 Å². The molecular weight excluding hydrogens is 260 g/mol. The lowest BCUT2D eigenvalue weighted by atomic mass is 10.7. The molecule has 1 amide bonds. The van der Waals surface area contributed by atoms with Gasteiger partial charge in [-0.2, -0.15) is 8.42 Å². The Morgan fingerprint density at radius 1 is 1.44 bits per heavy atom. The maximum atomic E-state index is 11.3. The number of nitrogens with one attached hydrogen (secondary N) is 2. The number of ether oxygens (including phenoxy) is 1. The molecular formula is C6H7ClN4O4S. The van der Waals surface area contributed by atoms with Crippen LogP contribution in [0.25, 0.3) is 0 Å². The zero-order valence-electron chi connectivity index (χ0n) is 7.97. The molecule has 1 heterocycles. The van der Waals surface area contributed by atoms with Crippen molar-refractivity contribution < 1.29 is 17.9 Å². The summed E-state index contributed by atoms with van der Waals surface area (Å²) in [5.74, 6) is -0.194. The highest BCUT2D eigenvalue weighted by molar-refractivity contribution is 7.91. The Bertz CT molecular complexity index is 491. The Morgan fingerprint density at radius 2 is 2.06 bits per heavy atom. The van der Waals surface area contributed by atoms with Crippen LogP contribution in [0.15, 0.2) is 12.4 Å². The number of nitrogens with zero attached hydrogens (tertiary/aromatic N) is 2. The fourth-order valence-corrected chi connectivity index (χ4v) is 1.66. The molecule has 0 saturated carbocycles. The number of aromatic nitrogens is 2. The minimum absolute atomic E-state index is 0.141. The highest BCUT2D eigenvalue weighted by Gasteiger charge is 2.16. The molecule has 0 atom stereocenters. The van der Waals surface area contributed by atoms with Gasteiger partial charge in [0.05, 0.1) is 7.11 Å². The molecule has 10 heteroatoms. The maximum absolute atomic E-state index is 11.3. The van der Waals surface area contributed by atoms with Gasteiger partial charge in [0.2, 0.25) is 0 Å². The van der Waals surface area contributed by atoms with Crippen molar-refractivity contribution in [2.45, 2.75) is 0 Å². The van der Waals surface area contributed by atoms with Crippen LogP contribution in [-0.4, -0.2) is 31.6 Å². The summed E-state index contributed by atoms with van der Waals surface area (Å²) in [5.41, 5.74) is 0. The summed E-state index contributed by atoms with van der Waals surface area (Å²) in [6.07, 6.45) is 1.39. The van der Waals surface area contributed by atoms with E-state index in [-0.39, 0.29) is 11.0 Å². The number of halogens is 1. The van der Waals surface area contributed by atoms with Crippen molar-refractivity contribution in [3.8, 4) is 0 Å². The molecule has 0 aromatic carbocycles. The normalized spacial score (nSPS) is 10.6. The minimum atomic E-state index is -4.13. The molecule has 0 aliphatic carbocycles. The highest BCUT2D eigenvalue weighted by Crippen LogP contribution is 2.14.